The zero-order chi connectivity index (χ0) is 12.4. The van der Waals surface area contributed by atoms with Gasteiger partial charge in [0.2, 0.25) is 0 Å². The molecule has 1 aromatic carbocycles. The van der Waals surface area contributed by atoms with E-state index >= 15 is 0 Å². The number of nitrogens with zero attached hydrogens (tertiary/aromatic N) is 2. The number of likely N-dealkylation sites (N-methyl/N-ethyl adjacent to an activating group) is 1. The highest BCUT2D eigenvalue weighted by Crippen LogP contribution is 2.29. The minimum absolute atomic E-state index is 0.579. The maximum Gasteiger partial charge on any atom is 0.0642 e. The van der Waals surface area contributed by atoms with E-state index in [1.54, 1.807) is 0 Å². The van der Waals surface area contributed by atoms with Gasteiger partial charge in [0.25, 0.3) is 0 Å². The molecule has 0 saturated carbocycles. The van der Waals surface area contributed by atoms with Crippen molar-refractivity contribution >= 4 is 33.2 Å². The first-order valence-corrected chi connectivity index (χ1v) is 7.41. The third-order valence-electron chi connectivity index (χ3n) is 3.47. The Balaban J connectivity index is 2.17. The second kappa shape index (κ2) is 5.59. The Morgan fingerprint density at radius 1 is 1.41 bits per heavy atom. The predicted molar refractivity (Wildman–Crippen MR) is 78.4 cm³/mol. The smallest absolute Gasteiger partial charge is 0.0642 e. The van der Waals surface area contributed by atoms with Crippen LogP contribution in [-0.4, -0.2) is 37.6 Å². The van der Waals surface area contributed by atoms with Crippen LogP contribution in [0.5, 0.6) is 0 Å². The Bertz CT molecular complexity index is 397. The van der Waals surface area contributed by atoms with Crippen molar-refractivity contribution in [1.82, 2.24) is 4.90 Å². The summed E-state index contributed by atoms with van der Waals surface area (Å²) in [4.78, 5) is 4.77. The van der Waals surface area contributed by atoms with E-state index in [4.69, 9.17) is 11.6 Å². The third kappa shape index (κ3) is 2.95. The highest BCUT2D eigenvalue weighted by Gasteiger charge is 2.22. The number of anilines is 1. The van der Waals surface area contributed by atoms with E-state index in [1.807, 2.05) is 0 Å². The highest BCUT2D eigenvalue weighted by atomic mass is 79.9. The van der Waals surface area contributed by atoms with Gasteiger partial charge in [-0.15, -0.1) is 0 Å². The van der Waals surface area contributed by atoms with Crippen LogP contribution in [0.1, 0.15) is 12.5 Å². The number of rotatable bonds is 2. The van der Waals surface area contributed by atoms with Gasteiger partial charge < -0.3 is 9.80 Å². The van der Waals surface area contributed by atoms with E-state index in [9.17, 15) is 0 Å². The molecule has 0 N–H and O–H groups in total. The fourth-order valence-electron chi connectivity index (χ4n) is 2.16. The molecule has 17 heavy (non-hydrogen) atoms. The summed E-state index contributed by atoms with van der Waals surface area (Å²) in [7, 11) is 2.18. The molecule has 1 unspecified atom stereocenters. The average Bonchev–Trinajstić information content (AvgIpc) is 2.32. The minimum atomic E-state index is 0.579. The van der Waals surface area contributed by atoms with Crippen molar-refractivity contribution in [1.29, 1.82) is 0 Å². The Hall–Kier alpha value is -0.250. The number of hydrogen-bond donors (Lipinski definition) is 0. The lowest BCUT2D eigenvalue weighted by Gasteiger charge is -2.39. The first-order valence-electron chi connectivity index (χ1n) is 5.91. The van der Waals surface area contributed by atoms with Crippen molar-refractivity contribution < 1.29 is 0 Å². The fourth-order valence-corrected chi connectivity index (χ4v) is 2.83. The summed E-state index contributed by atoms with van der Waals surface area (Å²) in [6.07, 6.45) is 0. The Morgan fingerprint density at radius 3 is 2.76 bits per heavy atom. The maximum absolute atomic E-state index is 6.35. The van der Waals surface area contributed by atoms with E-state index in [1.165, 1.54) is 5.56 Å². The molecule has 1 saturated heterocycles. The summed E-state index contributed by atoms with van der Waals surface area (Å²) in [6, 6.07) is 6.90. The first-order chi connectivity index (χ1) is 8.11. The summed E-state index contributed by atoms with van der Waals surface area (Å²) in [5.41, 5.74) is 2.39. The normalized spacial score (nSPS) is 21.9. The number of hydrogen-bond acceptors (Lipinski definition) is 2. The van der Waals surface area contributed by atoms with Crippen molar-refractivity contribution in [3.8, 4) is 0 Å². The molecule has 0 radical (unpaired) electrons. The summed E-state index contributed by atoms with van der Waals surface area (Å²) in [5, 5.41) is 1.71. The van der Waals surface area contributed by atoms with Gasteiger partial charge in [0.05, 0.1) is 10.7 Å². The minimum Gasteiger partial charge on any atom is -0.367 e. The zero-order valence-corrected chi connectivity index (χ0v) is 12.6. The SMILES string of the molecule is CC1CN(c2ccc(CBr)cc2Cl)CCN1C. The average molecular weight is 318 g/mol. The van der Waals surface area contributed by atoms with Crippen LogP contribution in [0.4, 0.5) is 5.69 Å². The summed E-state index contributed by atoms with van der Waals surface area (Å²) < 4.78 is 0. The summed E-state index contributed by atoms with van der Waals surface area (Å²) in [5.74, 6) is 0. The Kier molecular flexibility index (Phi) is 4.34. The molecule has 0 amide bonds. The van der Waals surface area contributed by atoms with Crippen LogP contribution >= 0.6 is 27.5 Å². The molecule has 2 rings (SSSR count). The number of benzene rings is 1. The molecular formula is C13H18BrClN2. The van der Waals surface area contributed by atoms with Gasteiger partial charge in [-0.3, -0.25) is 0 Å². The molecule has 0 aromatic heterocycles. The summed E-state index contributed by atoms with van der Waals surface area (Å²) in [6.45, 7) is 5.45. The molecule has 1 aliphatic heterocycles. The molecule has 1 aromatic rings. The van der Waals surface area contributed by atoms with E-state index in [0.29, 0.717) is 6.04 Å². The molecule has 1 fully saturated rings. The van der Waals surface area contributed by atoms with Crippen molar-refractivity contribution in [2.24, 2.45) is 0 Å². The molecule has 1 aliphatic rings. The molecule has 2 nitrogen and oxygen atoms in total. The van der Waals surface area contributed by atoms with Crippen LogP contribution in [0.15, 0.2) is 18.2 Å². The lowest BCUT2D eigenvalue weighted by molar-refractivity contribution is 0.234. The lowest BCUT2D eigenvalue weighted by Crippen LogP contribution is -2.50. The molecular weight excluding hydrogens is 300 g/mol. The van der Waals surface area contributed by atoms with Crippen LogP contribution in [-0.2, 0) is 5.33 Å². The van der Waals surface area contributed by atoms with Crippen LogP contribution in [0.2, 0.25) is 5.02 Å². The molecule has 1 atom stereocenters. The van der Waals surface area contributed by atoms with Crippen LogP contribution in [0.3, 0.4) is 0 Å². The van der Waals surface area contributed by atoms with Crippen LogP contribution in [0.25, 0.3) is 0 Å². The molecule has 94 valence electrons. The zero-order valence-electron chi connectivity index (χ0n) is 10.3. The van der Waals surface area contributed by atoms with Crippen molar-refractivity contribution in [3.63, 3.8) is 0 Å². The third-order valence-corrected chi connectivity index (χ3v) is 4.42. The Labute approximate surface area is 117 Å². The standard InChI is InChI=1S/C13H18BrClN2/c1-10-9-17(6-5-16(10)2)13-4-3-11(8-14)7-12(13)15/h3-4,7,10H,5-6,8-9H2,1-2H3. The van der Waals surface area contributed by atoms with Gasteiger partial charge in [-0.05, 0) is 31.7 Å². The van der Waals surface area contributed by atoms with Crippen LogP contribution < -0.4 is 4.90 Å². The summed E-state index contributed by atoms with van der Waals surface area (Å²) >= 11 is 9.80. The van der Waals surface area contributed by atoms with Gasteiger partial charge in [-0.1, -0.05) is 33.6 Å². The second-order valence-corrected chi connectivity index (χ2v) is 5.66. The second-order valence-electron chi connectivity index (χ2n) is 4.70. The van der Waals surface area contributed by atoms with E-state index in [-0.39, 0.29) is 0 Å². The van der Waals surface area contributed by atoms with Gasteiger partial charge in [0.15, 0.2) is 0 Å². The first kappa shape index (κ1) is 13.2. The van der Waals surface area contributed by atoms with Gasteiger partial charge >= 0.3 is 0 Å². The molecule has 0 aliphatic carbocycles. The maximum atomic E-state index is 6.35. The number of alkyl halides is 1. The quantitative estimate of drug-likeness (QED) is 0.772. The fraction of sp³-hybridized carbons (Fsp3) is 0.538. The van der Waals surface area contributed by atoms with Gasteiger partial charge in [0, 0.05) is 31.0 Å². The lowest BCUT2D eigenvalue weighted by atomic mass is 10.1. The number of piperazine rings is 1. The van der Waals surface area contributed by atoms with Crippen molar-refractivity contribution in [2.75, 3.05) is 31.6 Å². The van der Waals surface area contributed by atoms with E-state index < -0.39 is 0 Å². The number of halogens is 2. The topological polar surface area (TPSA) is 6.48 Å². The molecule has 4 heteroatoms. The van der Waals surface area contributed by atoms with E-state index in [0.717, 1.165) is 35.7 Å². The molecule has 0 bridgehead atoms. The monoisotopic (exact) mass is 316 g/mol. The molecule has 0 spiro atoms. The van der Waals surface area contributed by atoms with Gasteiger partial charge in [0.1, 0.15) is 0 Å². The highest BCUT2D eigenvalue weighted by molar-refractivity contribution is 9.08. The van der Waals surface area contributed by atoms with Gasteiger partial charge in [-0.25, -0.2) is 0 Å². The van der Waals surface area contributed by atoms with Crippen molar-refractivity contribution in [3.05, 3.63) is 28.8 Å². The molecule has 1 heterocycles. The van der Waals surface area contributed by atoms with Crippen LogP contribution in [0, 0.1) is 0 Å². The van der Waals surface area contributed by atoms with E-state index in [2.05, 4.69) is 57.9 Å². The van der Waals surface area contributed by atoms with Gasteiger partial charge in [-0.2, -0.15) is 0 Å². The largest absolute Gasteiger partial charge is 0.367 e. The van der Waals surface area contributed by atoms with Crippen molar-refractivity contribution in [2.45, 2.75) is 18.3 Å². The Morgan fingerprint density at radius 2 is 2.18 bits per heavy atom. The predicted octanol–water partition coefficient (Wildman–Crippen LogP) is 3.38.